The van der Waals surface area contributed by atoms with Crippen LogP contribution in [0.3, 0.4) is 0 Å². The third-order valence-corrected chi connectivity index (χ3v) is 4.94. The minimum absolute atomic E-state index is 0.0897. The van der Waals surface area contributed by atoms with E-state index in [1.807, 2.05) is 31.3 Å². The van der Waals surface area contributed by atoms with Crippen LogP contribution in [-0.4, -0.2) is 29.9 Å². The number of rotatable bonds is 4. The molecule has 2 atom stereocenters. The smallest absolute Gasteiger partial charge is 0.241 e. The molecule has 1 aliphatic heterocycles. The molecule has 1 saturated carbocycles. The number of nitrogens with zero attached hydrogens (tertiary/aromatic N) is 1. The summed E-state index contributed by atoms with van der Waals surface area (Å²) < 4.78 is 1.05. The fourth-order valence-electron chi connectivity index (χ4n) is 2.78. The lowest BCUT2D eigenvalue weighted by Crippen LogP contribution is -2.44. The van der Waals surface area contributed by atoms with Gasteiger partial charge >= 0.3 is 0 Å². The van der Waals surface area contributed by atoms with Gasteiger partial charge in [0.2, 0.25) is 5.91 Å². The lowest BCUT2D eigenvalue weighted by Gasteiger charge is -2.21. The van der Waals surface area contributed by atoms with Crippen LogP contribution in [0.5, 0.6) is 0 Å². The highest BCUT2D eigenvalue weighted by atomic mass is 79.9. The van der Waals surface area contributed by atoms with Crippen LogP contribution in [0.15, 0.2) is 28.7 Å². The Balaban J connectivity index is 1.58. The highest BCUT2D eigenvalue weighted by Crippen LogP contribution is 2.35. The van der Waals surface area contributed by atoms with E-state index in [2.05, 4.69) is 26.8 Å². The Morgan fingerprint density at radius 3 is 2.80 bits per heavy atom. The Morgan fingerprint density at radius 1 is 1.35 bits per heavy atom. The molecule has 2 unspecified atom stereocenters. The van der Waals surface area contributed by atoms with Crippen molar-refractivity contribution in [3.63, 3.8) is 0 Å². The predicted molar refractivity (Wildman–Crippen MR) is 81.8 cm³/mol. The molecule has 5 heteroatoms. The first kappa shape index (κ1) is 14.0. The molecule has 0 spiro atoms. The normalized spacial score (nSPS) is 25.7. The van der Waals surface area contributed by atoms with E-state index in [-0.39, 0.29) is 11.9 Å². The number of nitrogens with one attached hydrogen (secondary N) is 2. The number of halogens is 1. The van der Waals surface area contributed by atoms with E-state index >= 15 is 0 Å². The van der Waals surface area contributed by atoms with E-state index in [1.54, 1.807) is 4.90 Å². The molecular weight excluding hydrogens is 318 g/mol. The number of carbonyl (C=O) groups excluding carboxylic acids is 1. The van der Waals surface area contributed by atoms with Crippen molar-refractivity contribution in [2.45, 2.75) is 37.9 Å². The third kappa shape index (κ3) is 3.05. The van der Waals surface area contributed by atoms with Gasteiger partial charge in [-0.25, -0.2) is 5.43 Å². The highest BCUT2D eigenvalue weighted by Gasteiger charge is 2.39. The molecule has 20 heavy (non-hydrogen) atoms. The number of hydrogen-bond donors (Lipinski definition) is 2. The first-order chi connectivity index (χ1) is 9.65. The van der Waals surface area contributed by atoms with Gasteiger partial charge in [0.25, 0.3) is 0 Å². The standard InChI is InChI=1S/C15H20BrN3O/c1-19(9-11-4-2-3-5-12(11)16)15(20)14-8-13(17-18-14)10-6-7-10/h2-5,10,13-14,17-18H,6-9H2,1H3. The Hall–Kier alpha value is -0.910. The average Bonchev–Trinajstić information content (AvgIpc) is 3.18. The van der Waals surface area contributed by atoms with Gasteiger partial charge in [-0.05, 0) is 36.8 Å². The van der Waals surface area contributed by atoms with Crippen LogP contribution in [0, 0.1) is 5.92 Å². The van der Waals surface area contributed by atoms with E-state index < -0.39 is 0 Å². The highest BCUT2D eigenvalue weighted by molar-refractivity contribution is 9.10. The molecule has 1 aromatic rings. The van der Waals surface area contributed by atoms with E-state index in [1.165, 1.54) is 12.8 Å². The molecule has 0 radical (unpaired) electrons. The first-order valence-corrected chi connectivity index (χ1v) is 7.94. The van der Waals surface area contributed by atoms with Crippen molar-refractivity contribution < 1.29 is 4.79 Å². The summed E-state index contributed by atoms with van der Waals surface area (Å²) in [5.41, 5.74) is 7.56. The van der Waals surface area contributed by atoms with Crippen LogP contribution in [0.1, 0.15) is 24.8 Å². The summed E-state index contributed by atoms with van der Waals surface area (Å²) in [6, 6.07) is 8.41. The number of hydrogen-bond acceptors (Lipinski definition) is 3. The number of hydrazine groups is 1. The van der Waals surface area contributed by atoms with Crippen molar-refractivity contribution in [2.24, 2.45) is 5.92 Å². The van der Waals surface area contributed by atoms with E-state index in [0.717, 1.165) is 22.4 Å². The predicted octanol–water partition coefficient (Wildman–Crippen LogP) is 2.05. The minimum atomic E-state index is -0.0897. The molecule has 4 nitrogen and oxygen atoms in total. The van der Waals surface area contributed by atoms with Crippen LogP contribution in [0.25, 0.3) is 0 Å². The largest absolute Gasteiger partial charge is 0.340 e. The van der Waals surface area contributed by atoms with E-state index in [0.29, 0.717) is 12.6 Å². The average molecular weight is 338 g/mol. The van der Waals surface area contributed by atoms with Gasteiger partial charge in [-0.2, -0.15) is 0 Å². The summed E-state index contributed by atoms with van der Waals surface area (Å²) in [7, 11) is 1.87. The topological polar surface area (TPSA) is 44.4 Å². The molecule has 2 aliphatic rings. The van der Waals surface area contributed by atoms with Crippen LogP contribution in [0.4, 0.5) is 0 Å². The van der Waals surface area contributed by atoms with Gasteiger partial charge in [0.05, 0.1) is 0 Å². The monoisotopic (exact) mass is 337 g/mol. The number of benzene rings is 1. The molecule has 2 fully saturated rings. The van der Waals surface area contributed by atoms with Gasteiger partial charge in [0, 0.05) is 24.1 Å². The van der Waals surface area contributed by atoms with Crippen molar-refractivity contribution in [1.82, 2.24) is 15.8 Å². The van der Waals surface area contributed by atoms with Crippen LogP contribution in [0.2, 0.25) is 0 Å². The summed E-state index contributed by atoms with van der Waals surface area (Å²) >= 11 is 3.53. The van der Waals surface area contributed by atoms with Gasteiger partial charge < -0.3 is 4.90 Å². The van der Waals surface area contributed by atoms with E-state index in [9.17, 15) is 4.79 Å². The molecule has 3 rings (SSSR count). The Labute approximate surface area is 128 Å². The lowest BCUT2D eigenvalue weighted by molar-refractivity contribution is -0.132. The van der Waals surface area contributed by atoms with Crippen LogP contribution < -0.4 is 10.9 Å². The zero-order valence-corrected chi connectivity index (χ0v) is 13.2. The quantitative estimate of drug-likeness (QED) is 0.883. The lowest BCUT2D eigenvalue weighted by atomic mass is 10.1. The van der Waals surface area contributed by atoms with Gasteiger partial charge in [-0.15, -0.1) is 0 Å². The summed E-state index contributed by atoms with van der Waals surface area (Å²) in [5.74, 6) is 0.935. The van der Waals surface area contributed by atoms with Crippen molar-refractivity contribution in [3.8, 4) is 0 Å². The second-order valence-corrected chi connectivity index (χ2v) is 6.66. The Bertz CT molecular complexity index is 504. The third-order valence-electron chi connectivity index (χ3n) is 4.16. The maximum absolute atomic E-state index is 12.5. The van der Waals surface area contributed by atoms with Gasteiger partial charge in [-0.1, -0.05) is 34.1 Å². The molecule has 2 N–H and O–H groups in total. The number of carbonyl (C=O) groups is 1. The molecule has 0 aromatic heterocycles. The van der Waals surface area contributed by atoms with Crippen molar-refractivity contribution in [2.75, 3.05) is 7.05 Å². The second-order valence-electron chi connectivity index (χ2n) is 5.81. The molecule has 0 bridgehead atoms. The number of likely N-dealkylation sites (N-methyl/N-ethyl adjacent to an activating group) is 1. The first-order valence-electron chi connectivity index (χ1n) is 7.14. The second kappa shape index (κ2) is 5.84. The van der Waals surface area contributed by atoms with Crippen molar-refractivity contribution in [3.05, 3.63) is 34.3 Å². The summed E-state index contributed by atoms with van der Waals surface area (Å²) in [6.07, 6.45) is 3.50. The molecule has 1 aliphatic carbocycles. The number of amides is 1. The van der Waals surface area contributed by atoms with Crippen LogP contribution in [-0.2, 0) is 11.3 Å². The van der Waals surface area contributed by atoms with Gasteiger partial charge in [-0.3, -0.25) is 10.2 Å². The van der Waals surface area contributed by atoms with Crippen LogP contribution >= 0.6 is 15.9 Å². The minimum Gasteiger partial charge on any atom is -0.340 e. The molecular formula is C15H20BrN3O. The SMILES string of the molecule is CN(Cc1ccccc1Br)C(=O)C1CC(C2CC2)NN1. The summed E-state index contributed by atoms with van der Waals surface area (Å²) in [4.78, 5) is 14.3. The molecule has 1 heterocycles. The fourth-order valence-corrected chi connectivity index (χ4v) is 3.19. The summed E-state index contributed by atoms with van der Waals surface area (Å²) in [6.45, 7) is 0.631. The van der Waals surface area contributed by atoms with Gasteiger partial charge in [0.15, 0.2) is 0 Å². The fraction of sp³-hybridized carbons (Fsp3) is 0.533. The zero-order valence-electron chi connectivity index (χ0n) is 11.6. The van der Waals surface area contributed by atoms with Gasteiger partial charge in [0.1, 0.15) is 6.04 Å². The zero-order chi connectivity index (χ0) is 14.1. The molecule has 1 aromatic carbocycles. The molecule has 1 amide bonds. The maximum atomic E-state index is 12.5. The Kier molecular flexibility index (Phi) is 4.10. The molecule has 108 valence electrons. The maximum Gasteiger partial charge on any atom is 0.241 e. The van der Waals surface area contributed by atoms with Crippen molar-refractivity contribution in [1.29, 1.82) is 0 Å². The Morgan fingerprint density at radius 2 is 2.10 bits per heavy atom. The molecule has 1 saturated heterocycles. The van der Waals surface area contributed by atoms with E-state index in [4.69, 9.17) is 0 Å². The summed E-state index contributed by atoms with van der Waals surface area (Å²) in [5, 5.41) is 0. The van der Waals surface area contributed by atoms with Crippen molar-refractivity contribution >= 4 is 21.8 Å².